The Balaban J connectivity index is 1.96. The summed E-state index contributed by atoms with van der Waals surface area (Å²) in [5, 5.41) is 0. The van der Waals surface area contributed by atoms with E-state index in [0.717, 1.165) is 31.7 Å². The summed E-state index contributed by atoms with van der Waals surface area (Å²) in [6.07, 6.45) is 3.71. The van der Waals surface area contributed by atoms with Crippen LogP contribution in [-0.2, 0) is 24.1 Å². The summed E-state index contributed by atoms with van der Waals surface area (Å²) in [6.45, 7) is 8.74. The molecule has 110 valence electrons. The van der Waals surface area contributed by atoms with Crippen molar-refractivity contribution in [1.29, 1.82) is 0 Å². The van der Waals surface area contributed by atoms with Crippen LogP contribution < -0.4 is 10.6 Å². The highest BCUT2D eigenvalue weighted by Gasteiger charge is 2.33. The minimum Gasteiger partial charge on any atom is -0.369 e. The summed E-state index contributed by atoms with van der Waals surface area (Å²) in [7, 11) is 0. The fraction of sp³-hybridized carbons (Fsp3) is 0.688. The summed E-state index contributed by atoms with van der Waals surface area (Å²) >= 11 is 0. The van der Waals surface area contributed by atoms with Gasteiger partial charge >= 0.3 is 0 Å². The topological polar surface area (TPSA) is 51.4 Å². The Hall–Kier alpha value is -1.13. The zero-order valence-electron chi connectivity index (χ0n) is 12.8. The summed E-state index contributed by atoms with van der Waals surface area (Å²) in [5.74, 6) is 1.08. The van der Waals surface area contributed by atoms with E-state index in [1.807, 2.05) is 0 Å². The van der Waals surface area contributed by atoms with Crippen LogP contribution >= 0.6 is 0 Å². The lowest BCUT2D eigenvalue weighted by molar-refractivity contribution is -0.0752. The van der Waals surface area contributed by atoms with Gasteiger partial charge in [-0.3, -0.25) is 0 Å². The van der Waals surface area contributed by atoms with E-state index < -0.39 is 0 Å². The van der Waals surface area contributed by atoms with Crippen LogP contribution in [0.3, 0.4) is 0 Å². The van der Waals surface area contributed by atoms with E-state index in [0.29, 0.717) is 6.54 Å². The van der Waals surface area contributed by atoms with Crippen molar-refractivity contribution >= 4 is 5.82 Å². The van der Waals surface area contributed by atoms with Crippen molar-refractivity contribution in [2.24, 2.45) is 5.73 Å². The van der Waals surface area contributed by atoms with Crippen LogP contribution in [0.2, 0.25) is 0 Å². The fourth-order valence-corrected chi connectivity index (χ4v) is 3.55. The van der Waals surface area contributed by atoms with Crippen molar-refractivity contribution < 1.29 is 4.74 Å². The van der Waals surface area contributed by atoms with Crippen LogP contribution in [0.25, 0.3) is 0 Å². The van der Waals surface area contributed by atoms with E-state index in [1.165, 1.54) is 23.2 Å². The van der Waals surface area contributed by atoms with E-state index in [1.54, 1.807) is 0 Å². The van der Waals surface area contributed by atoms with Crippen molar-refractivity contribution in [1.82, 2.24) is 4.98 Å². The van der Waals surface area contributed by atoms with Crippen LogP contribution in [0.4, 0.5) is 5.82 Å². The Morgan fingerprint density at radius 1 is 1.45 bits per heavy atom. The number of aryl methyl sites for hydroxylation is 2. The molecular weight excluding hydrogens is 250 g/mol. The molecule has 4 heteroatoms. The van der Waals surface area contributed by atoms with Crippen LogP contribution in [-0.4, -0.2) is 29.8 Å². The molecular formula is C16H25N3O. The third-order valence-electron chi connectivity index (χ3n) is 4.20. The lowest BCUT2D eigenvalue weighted by Crippen LogP contribution is -2.52. The molecule has 0 radical (unpaired) electrons. The van der Waals surface area contributed by atoms with E-state index >= 15 is 0 Å². The molecule has 1 aliphatic carbocycles. The summed E-state index contributed by atoms with van der Waals surface area (Å²) in [5.41, 5.74) is 9.67. The third-order valence-corrected chi connectivity index (χ3v) is 4.20. The third kappa shape index (κ3) is 2.54. The molecule has 0 aromatic carbocycles. The van der Waals surface area contributed by atoms with Gasteiger partial charge in [-0.25, -0.2) is 4.98 Å². The second kappa shape index (κ2) is 5.01. The molecule has 1 saturated heterocycles. The van der Waals surface area contributed by atoms with Crippen LogP contribution in [0.5, 0.6) is 0 Å². The molecule has 2 heterocycles. The molecule has 20 heavy (non-hydrogen) atoms. The van der Waals surface area contributed by atoms with Crippen molar-refractivity contribution in [3.8, 4) is 0 Å². The van der Waals surface area contributed by atoms with E-state index in [4.69, 9.17) is 15.5 Å². The first-order valence-corrected chi connectivity index (χ1v) is 7.63. The second-order valence-corrected chi connectivity index (χ2v) is 6.70. The highest BCUT2D eigenvalue weighted by atomic mass is 16.5. The van der Waals surface area contributed by atoms with Gasteiger partial charge in [-0.2, -0.15) is 0 Å². The maximum Gasteiger partial charge on any atom is 0.133 e. The lowest BCUT2D eigenvalue weighted by Gasteiger charge is -2.43. The molecule has 1 aliphatic heterocycles. The summed E-state index contributed by atoms with van der Waals surface area (Å²) in [4.78, 5) is 7.29. The quantitative estimate of drug-likeness (QED) is 0.897. The molecule has 1 fully saturated rings. The minimum absolute atomic E-state index is 0.135. The second-order valence-electron chi connectivity index (χ2n) is 6.70. The van der Waals surface area contributed by atoms with Gasteiger partial charge in [0.2, 0.25) is 0 Å². The van der Waals surface area contributed by atoms with Crippen LogP contribution in [0, 0.1) is 0 Å². The monoisotopic (exact) mass is 275 g/mol. The number of morpholine rings is 1. The number of fused-ring (bicyclic) bond motifs is 1. The smallest absolute Gasteiger partial charge is 0.133 e. The lowest BCUT2D eigenvalue weighted by atomic mass is 10.0. The molecule has 0 spiro atoms. The number of hydrogen-bond donors (Lipinski definition) is 1. The van der Waals surface area contributed by atoms with Crippen molar-refractivity contribution in [3.63, 3.8) is 0 Å². The highest BCUT2D eigenvalue weighted by molar-refractivity contribution is 5.51. The first kappa shape index (κ1) is 13.8. The normalized spacial score (nSPS) is 24.8. The molecule has 1 unspecified atom stereocenters. The molecule has 1 aromatic heterocycles. The average molecular weight is 275 g/mol. The summed E-state index contributed by atoms with van der Waals surface area (Å²) in [6, 6.07) is 2.28. The van der Waals surface area contributed by atoms with Gasteiger partial charge in [0, 0.05) is 30.9 Å². The molecule has 0 bridgehead atoms. The molecule has 1 aromatic rings. The predicted octanol–water partition coefficient (Wildman–Crippen LogP) is 2.03. The van der Waals surface area contributed by atoms with Gasteiger partial charge in [0.05, 0.1) is 11.7 Å². The largest absolute Gasteiger partial charge is 0.369 e. The minimum atomic E-state index is -0.135. The van der Waals surface area contributed by atoms with E-state index in [2.05, 4.69) is 31.7 Å². The Labute approximate surface area is 121 Å². The predicted molar refractivity (Wildman–Crippen MR) is 81.0 cm³/mol. The van der Waals surface area contributed by atoms with Gasteiger partial charge in [0.25, 0.3) is 0 Å². The first-order chi connectivity index (χ1) is 9.48. The number of aromatic nitrogens is 1. The highest BCUT2D eigenvalue weighted by Crippen LogP contribution is 2.31. The number of nitrogens with zero attached hydrogens (tertiary/aromatic N) is 2. The first-order valence-electron chi connectivity index (χ1n) is 7.63. The molecule has 4 nitrogen and oxygen atoms in total. The van der Waals surface area contributed by atoms with Gasteiger partial charge in [-0.1, -0.05) is 0 Å². The molecule has 0 saturated carbocycles. The zero-order valence-corrected chi connectivity index (χ0v) is 12.8. The SMILES string of the molecule is CC1CN(c2nc3c(cc2CN)CCC3)CC(C)(C)O1. The Morgan fingerprint density at radius 2 is 2.25 bits per heavy atom. The Kier molecular flexibility index (Phi) is 3.46. The van der Waals surface area contributed by atoms with Crippen molar-refractivity contribution in [3.05, 3.63) is 22.9 Å². The standard InChI is InChI=1S/C16H25N3O/c1-11-9-19(10-16(2,3)20-11)15-13(8-17)7-12-5-4-6-14(12)18-15/h7,11H,4-6,8-10,17H2,1-3H3. The number of hydrogen-bond acceptors (Lipinski definition) is 4. The molecule has 1 atom stereocenters. The molecule has 3 rings (SSSR count). The number of nitrogens with two attached hydrogens (primary N) is 1. The van der Waals surface area contributed by atoms with Crippen molar-refractivity contribution in [2.45, 2.75) is 58.3 Å². The van der Waals surface area contributed by atoms with Crippen molar-refractivity contribution in [2.75, 3.05) is 18.0 Å². The Morgan fingerprint density at radius 3 is 2.95 bits per heavy atom. The maximum atomic E-state index is 5.99. The number of pyridine rings is 1. The maximum absolute atomic E-state index is 5.99. The van der Waals surface area contributed by atoms with Gasteiger partial charge in [0.15, 0.2) is 0 Å². The van der Waals surface area contributed by atoms with Gasteiger partial charge in [-0.05, 0) is 51.7 Å². The fourth-order valence-electron chi connectivity index (χ4n) is 3.55. The zero-order chi connectivity index (χ0) is 14.3. The molecule has 2 aliphatic rings. The molecule has 0 amide bonds. The van der Waals surface area contributed by atoms with Crippen LogP contribution in [0.15, 0.2) is 6.07 Å². The van der Waals surface area contributed by atoms with E-state index in [-0.39, 0.29) is 11.7 Å². The number of anilines is 1. The number of rotatable bonds is 2. The Bertz CT molecular complexity index is 513. The van der Waals surface area contributed by atoms with Gasteiger partial charge < -0.3 is 15.4 Å². The summed E-state index contributed by atoms with van der Waals surface area (Å²) < 4.78 is 5.99. The van der Waals surface area contributed by atoms with E-state index in [9.17, 15) is 0 Å². The van der Waals surface area contributed by atoms with Gasteiger partial charge in [-0.15, -0.1) is 0 Å². The molecule has 2 N–H and O–H groups in total. The average Bonchev–Trinajstić information content (AvgIpc) is 2.81. The van der Waals surface area contributed by atoms with Crippen LogP contribution in [0.1, 0.15) is 44.0 Å². The number of ether oxygens (including phenoxy) is 1. The van der Waals surface area contributed by atoms with Gasteiger partial charge in [0.1, 0.15) is 5.82 Å².